The lowest BCUT2D eigenvalue weighted by atomic mass is 9.91. The van der Waals surface area contributed by atoms with Crippen LogP contribution in [0.2, 0.25) is 5.02 Å². The van der Waals surface area contributed by atoms with E-state index in [9.17, 15) is 4.39 Å². The Morgan fingerprint density at radius 3 is 2.50 bits per heavy atom. The second-order valence-corrected chi connectivity index (χ2v) is 5.71. The Bertz CT molecular complexity index is 390. The summed E-state index contributed by atoms with van der Waals surface area (Å²) in [6, 6.07) is 3.15. The highest BCUT2D eigenvalue weighted by Gasteiger charge is 2.22. The Labute approximate surface area is 119 Å². The molecule has 0 amide bonds. The summed E-state index contributed by atoms with van der Waals surface area (Å²) in [4.78, 5) is 0. The van der Waals surface area contributed by atoms with Crippen molar-refractivity contribution < 1.29 is 4.39 Å². The average Bonchev–Trinajstić information content (AvgIpc) is 2.34. The Kier molecular flexibility index (Phi) is 6.45. The number of hydrogen-bond acceptors (Lipinski definition) is 0. The first-order valence-corrected chi connectivity index (χ1v) is 7.42. The highest BCUT2D eigenvalue weighted by Crippen LogP contribution is 2.38. The summed E-state index contributed by atoms with van der Waals surface area (Å²) in [5.74, 6) is 0.128. The molecule has 1 aromatic rings. The van der Waals surface area contributed by atoms with Gasteiger partial charge in [-0.15, -0.1) is 11.6 Å². The normalized spacial score (nSPS) is 14.6. The highest BCUT2D eigenvalue weighted by molar-refractivity contribution is 6.32. The Morgan fingerprint density at radius 1 is 1.28 bits per heavy atom. The minimum absolute atomic E-state index is 0.131. The van der Waals surface area contributed by atoms with E-state index in [0.29, 0.717) is 16.5 Å². The van der Waals surface area contributed by atoms with E-state index in [4.69, 9.17) is 23.2 Å². The maximum absolute atomic E-state index is 13.4. The predicted molar refractivity (Wildman–Crippen MR) is 78.0 cm³/mol. The van der Waals surface area contributed by atoms with Crippen LogP contribution in [0.15, 0.2) is 12.1 Å². The summed E-state index contributed by atoms with van der Waals surface area (Å²) in [6.07, 6.45) is 4.44. The zero-order valence-electron chi connectivity index (χ0n) is 11.3. The summed E-state index contributed by atoms with van der Waals surface area (Å²) in [5.41, 5.74) is 1.46. The van der Waals surface area contributed by atoms with Crippen molar-refractivity contribution in [2.75, 3.05) is 0 Å². The zero-order valence-corrected chi connectivity index (χ0v) is 12.8. The van der Waals surface area contributed by atoms with Gasteiger partial charge in [0.05, 0.1) is 5.38 Å². The van der Waals surface area contributed by atoms with Gasteiger partial charge in [0.25, 0.3) is 0 Å². The van der Waals surface area contributed by atoms with Crippen molar-refractivity contribution >= 4 is 23.2 Å². The third kappa shape index (κ3) is 3.86. The molecule has 0 saturated carbocycles. The van der Waals surface area contributed by atoms with Crippen LogP contribution < -0.4 is 0 Å². The molecule has 3 heteroatoms. The largest absolute Gasteiger partial charge is 0.207 e. The molecule has 0 aliphatic carbocycles. The molecule has 18 heavy (non-hydrogen) atoms. The van der Waals surface area contributed by atoms with Crippen molar-refractivity contribution in [2.45, 2.75) is 51.8 Å². The molecular formula is C15H21Cl2F. The van der Waals surface area contributed by atoms with Gasteiger partial charge in [0.2, 0.25) is 0 Å². The number of alkyl halides is 1. The minimum Gasteiger partial charge on any atom is -0.207 e. The van der Waals surface area contributed by atoms with Crippen molar-refractivity contribution in [1.82, 2.24) is 0 Å². The van der Waals surface area contributed by atoms with Crippen LogP contribution in [0.3, 0.4) is 0 Å². The maximum atomic E-state index is 13.4. The van der Waals surface area contributed by atoms with E-state index in [1.807, 2.05) is 0 Å². The van der Waals surface area contributed by atoms with E-state index in [1.54, 1.807) is 13.0 Å². The monoisotopic (exact) mass is 290 g/mol. The van der Waals surface area contributed by atoms with Gasteiger partial charge in [-0.3, -0.25) is 0 Å². The van der Waals surface area contributed by atoms with Gasteiger partial charge in [-0.25, -0.2) is 4.39 Å². The van der Waals surface area contributed by atoms with Gasteiger partial charge in [-0.05, 0) is 36.5 Å². The fourth-order valence-electron chi connectivity index (χ4n) is 2.17. The number of benzene rings is 1. The third-order valence-electron chi connectivity index (χ3n) is 3.44. The molecule has 0 N–H and O–H groups in total. The van der Waals surface area contributed by atoms with Gasteiger partial charge in [0.1, 0.15) is 5.82 Å². The Hall–Kier alpha value is -0.270. The highest BCUT2D eigenvalue weighted by atomic mass is 35.5. The molecule has 0 radical (unpaired) electrons. The van der Waals surface area contributed by atoms with Crippen LogP contribution in [0.4, 0.5) is 4.39 Å². The maximum Gasteiger partial charge on any atom is 0.127 e. The van der Waals surface area contributed by atoms with Crippen molar-refractivity contribution in [1.29, 1.82) is 0 Å². The van der Waals surface area contributed by atoms with Gasteiger partial charge in [0, 0.05) is 5.02 Å². The number of rotatable bonds is 6. The molecule has 2 unspecified atom stereocenters. The van der Waals surface area contributed by atoms with Gasteiger partial charge >= 0.3 is 0 Å². The molecule has 0 aromatic heterocycles. The van der Waals surface area contributed by atoms with Crippen LogP contribution in [0, 0.1) is 18.7 Å². The predicted octanol–water partition coefficient (Wildman–Crippen LogP) is 6.28. The molecule has 0 heterocycles. The number of aryl methyl sites for hydroxylation is 1. The van der Waals surface area contributed by atoms with Crippen molar-refractivity contribution in [3.63, 3.8) is 0 Å². The first kappa shape index (κ1) is 15.8. The van der Waals surface area contributed by atoms with Gasteiger partial charge in [-0.1, -0.05) is 50.8 Å². The van der Waals surface area contributed by atoms with Crippen molar-refractivity contribution in [3.05, 3.63) is 34.1 Å². The fraction of sp³-hybridized carbons (Fsp3) is 0.600. The van der Waals surface area contributed by atoms with Crippen LogP contribution in [-0.4, -0.2) is 0 Å². The van der Waals surface area contributed by atoms with E-state index in [1.165, 1.54) is 12.5 Å². The lowest BCUT2D eigenvalue weighted by molar-refractivity contribution is 0.437. The molecular weight excluding hydrogens is 270 g/mol. The average molecular weight is 291 g/mol. The molecule has 0 bridgehead atoms. The second kappa shape index (κ2) is 7.35. The van der Waals surface area contributed by atoms with Crippen LogP contribution in [-0.2, 0) is 0 Å². The van der Waals surface area contributed by atoms with Gasteiger partial charge in [0.15, 0.2) is 0 Å². The van der Waals surface area contributed by atoms with Gasteiger partial charge in [-0.2, -0.15) is 0 Å². The molecule has 0 fully saturated rings. The molecule has 0 aliphatic heterocycles. The van der Waals surface area contributed by atoms with E-state index >= 15 is 0 Å². The van der Waals surface area contributed by atoms with Gasteiger partial charge < -0.3 is 0 Å². The lowest BCUT2D eigenvalue weighted by Crippen LogP contribution is -2.08. The topological polar surface area (TPSA) is 0 Å². The Morgan fingerprint density at radius 2 is 1.94 bits per heavy atom. The standard InChI is InChI=1S/C15H21Cl2F/c1-4-6-7-11(5-2)15(17)12-8-10(3)14(18)9-13(12)16/h8-9,11,15H,4-7H2,1-3H3. The van der Waals surface area contributed by atoms with E-state index in [0.717, 1.165) is 24.8 Å². The van der Waals surface area contributed by atoms with Crippen LogP contribution in [0.5, 0.6) is 0 Å². The lowest BCUT2D eigenvalue weighted by Gasteiger charge is -2.22. The van der Waals surface area contributed by atoms with Crippen molar-refractivity contribution in [3.8, 4) is 0 Å². The zero-order chi connectivity index (χ0) is 13.7. The first-order valence-electron chi connectivity index (χ1n) is 6.60. The number of halogens is 3. The van der Waals surface area contributed by atoms with Crippen molar-refractivity contribution in [2.24, 2.45) is 5.92 Å². The molecule has 1 rings (SSSR count). The quantitative estimate of drug-likeness (QED) is 0.541. The first-order chi connectivity index (χ1) is 8.51. The summed E-state index contributed by atoms with van der Waals surface area (Å²) in [6.45, 7) is 6.05. The molecule has 2 atom stereocenters. The molecule has 102 valence electrons. The van der Waals surface area contributed by atoms with E-state index < -0.39 is 0 Å². The number of unbranched alkanes of at least 4 members (excludes halogenated alkanes) is 1. The fourth-order valence-corrected chi connectivity index (χ4v) is 2.98. The SMILES string of the molecule is CCCCC(CC)C(Cl)c1cc(C)c(F)cc1Cl. The third-order valence-corrected chi connectivity index (χ3v) is 4.36. The Balaban J connectivity index is 2.94. The summed E-state index contributed by atoms with van der Waals surface area (Å²) in [7, 11) is 0. The molecule has 0 saturated heterocycles. The van der Waals surface area contributed by atoms with Crippen LogP contribution in [0.1, 0.15) is 56.0 Å². The minimum atomic E-state index is -0.269. The summed E-state index contributed by atoms with van der Waals surface area (Å²) < 4.78 is 13.4. The van der Waals surface area contributed by atoms with Crippen LogP contribution in [0.25, 0.3) is 0 Å². The molecule has 0 aliphatic rings. The molecule has 0 nitrogen and oxygen atoms in total. The number of hydrogen-bond donors (Lipinski definition) is 0. The second-order valence-electron chi connectivity index (χ2n) is 4.84. The molecule has 0 spiro atoms. The van der Waals surface area contributed by atoms with E-state index in [2.05, 4.69) is 13.8 Å². The molecule has 1 aromatic carbocycles. The summed E-state index contributed by atoms with van der Waals surface area (Å²) >= 11 is 12.6. The summed E-state index contributed by atoms with van der Waals surface area (Å²) in [5, 5.41) is 0.307. The van der Waals surface area contributed by atoms with Crippen LogP contribution >= 0.6 is 23.2 Å². The van der Waals surface area contributed by atoms with E-state index in [-0.39, 0.29) is 11.2 Å². The smallest absolute Gasteiger partial charge is 0.127 e.